The molecule has 8 heteroatoms. The molecule has 0 aliphatic heterocycles. The largest absolute Gasteiger partial charge is 0.332 e. The number of carbonyl (C=O) groups excluding carboxylic acids is 1. The highest BCUT2D eigenvalue weighted by atomic mass is 19.2. The number of benzene rings is 1. The molecule has 94 valence electrons. The second kappa shape index (κ2) is 4.47. The quantitative estimate of drug-likeness (QED) is 0.836. The van der Waals surface area contributed by atoms with Crippen molar-refractivity contribution < 1.29 is 22.5 Å². The Morgan fingerprint density at radius 2 is 2.00 bits per heavy atom. The Bertz CT molecular complexity index is 612. The summed E-state index contributed by atoms with van der Waals surface area (Å²) in [6.07, 6.45) is 0. The topological polar surface area (TPSA) is 68.0 Å². The summed E-state index contributed by atoms with van der Waals surface area (Å²) in [4.78, 5) is 14.3. The smallest absolute Gasteiger partial charge is 0.270 e. The number of carbonyl (C=O) groups is 1. The average molecular weight is 257 g/mol. The van der Waals surface area contributed by atoms with Crippen molar-refractivity contribution in [2.24, 2.45) is 0 Å². The lowest BCUT2D eigenvalue weighted by atomic mass is 10.2. The average Bonchev–Trinajstić information content (AvgIpc) is 2.73. The fourth-order valence-corrected chi connectivity index (χ4v) is 1.23. The summed E-state index contributed by atoms with van der Waals surface area (Å²) in [6, 6.07) is 1.69. The fourth-order valence-electron chi connectivity index (χ4n) is 1.23. The summed E-state index contributed by atoms with van der Waals surface area (Å²) in [5.74, 6) is -5.40. The minimum absolute atomic E-state index is 0.193. The van der Waals surface area contributed by atoms with Crippen molar-refractivity contribution in [3.63, 3.8) is 0 Å². The number of rotatable bonds is 2. The van der Waals surface area contributed by atoms with Gasteiger partial charge in [-0.2, -0.15) is 4.98 Å². The van der Waals surface area contributed by atoms with Crippen LogP contribution < -0.4 is 5.32 Å². The van der Waals surface area contributed by atoms with E-state index in [1.807, 2.05) is 0 Å². The Morgan fingerprint density at radius 3 is 2.67 bits per heavy atom. The Morgan fingerprint density at radius 1 is 1.28 bits per heavy atom. The van der Waals surface area contributed by atoms with E-state index in [-0.39, 0.29) is 11.8 Å². The van der Waals surface area contributed by atoms with Crippen molar-refractivity contribution in [2.45, 2.75) is 6.92 Å². The minimum atomic E-state index is -1.63. The molecule has 0 spiro atoms. The van der Waals surface area contributed by atoms with Crippen LogP contribution in [0.5, 0.6) is 0 Å². The van der Waals surface area contributed by atoms with Crippen LogP contribution in [0.25, 0.3) is 11.5 Å². The maximum absolute atomic E-state index is 13.4. The van der Waals surface area contributed by atoms with Crippen LogP contribution in [-0.2, 0) is 4.79 Å². The summed E-state index contributed by atoms with van der Waals surface area (Å²) in [7, 11) is 0. The SMILES string of the molecule is CC(=O)Nc1noc(-c2ccc(F)c(F)c2F)n1. The van der Waals surface area contributed by atoms with Crippen molar-refractivity contribution in [1.82, 2.24) is 10.1 Å². The van der Waals surface area contributed by atoms with Gasteiger partial charge in [-0.1, -0.05) is 0 Å². The van der Waals surface area contributed by atoms with Crippen LogP contribution in [0.3, 0.4) is 0 Å². The van der Waals surface area contributed by atoms with Crippen molar-refractivity contribution >= 4 is 11.9 Å². The first-order chi connectivity index (χ1) is 8.49. The minimum Gasteiger partial charge on any atom is -0.332 e. The van der Waals surface area contributed by atoms with E-state index in [9.17, 15) is 18.0 Å². The Labute approximate surface area is 98.6 Å². The molecule has 2 rings (SSSR count). The second-order valence-electron chi connectivity index (χ2n) is 3.33. The van der Waals surface area contributed by atoms with Crippen molar-refractivity contribution in [3.05, 3.63) is 29.6 Å². The molecule has 1 aromatic heterocycles. The maximum Gasteiger partial charge on any atom is 0.270 e. The molecular weight excluding hydrogens is 251 g/mol. The molecule has 0 unspecified atom stereocenters. The third-order valence-electron chi connectivity index (χ3n) is 1.98. The van der Waals surface area contributed by atoms with Gasteiger partial charge in [-0.15, -0.1) is 0 Å². The van der Waals surface area contributed by atoms with Gasteiger partial charge in [-0.05, 0) is 17.3 Å². The first-order valence-electron chi connectivity index (χ1n) is 4.74. The van der Waals surface area contributed by atoms with Gasteiger partial charge in [0.2, 0.25) is 5.91 Å². The molecule has 0 radical (unpaired) electrons. The van der Waals surface area contributed by atoms with Crippen LogP contribution in [0.4, 0.5) is 19.1 Å². The van der Waals surface area contributed by atoms with Crippen LogP contribution in [-0.4, -0.2) is 16.0 Å². The molecule has 1 heterocycles. The summed E-state index contributed by atoms with van der Waals surface area (Å²) in [5, 5.41) is 5.52. The van der Waals surface area contributed by atoms with Crippen LogP contribution in [0.15, 0.2) is 16.7 Å². The molecule has 0 aliphatic rings. The third kappa shape index (κ3) is 2.17. The van der Waals surface area contributed by atoms with Crippen LogP contribution >= 0.6 is 0 Å². The van der Waals surface area contributed by atoms with Crippen LogP contribution in [0.2, 0.25) is 0 Å². The lowest BCUT2D eigenvalue weighted by Gasteiger charge is -1.99. The highest BCUT2D eigenvalue weighted by Crippen LogP contribution is 2.25. The van der Waals surface area contributed by atoms with E-state index in [2.05, 4.69) is 20.0 Å². The Hall–Kier alpha value is -2.38. The summed E-state index contributed by atoms with van der Waals surface area (Å²) >= 11 is 0. The van der Waals surface area contributed by atoms with Crippen LogP contribution in [0, 0.1) is 17.5 Å². The summed E-state index contributed by atoms with van der Waals surface area (Å²) in [6.45, 7) is 1.22. The number of halogens is 3. The van der Waals surface area contributed by atoms with E-state index in [1.54, 1.807) is 0 Å². The maximum atomic E-state index is 13.4. The van der Waals surface area contributed by atoms with Crippen molar-refractivity contribution in [2.75, 3.05) is 5.32 Å². The molecule has 0 bridgehead atoms. The van der Waals surface area contributed by atoms with Gasteiger partial charge >= 0.3 is 0 Å². The number of nitrogens with one attached hydrogen (secondary N) is 1. The number of hydrogen-bond donors (Lipinski definition) is 1. The first kappa shape index (κ1) is 12.1. The first-order valence-corrected chi connectivity index (χ1v) is 4.74. The van der Waals surface area contributed by atoms with Crippen molar-refractivity contribution in [3.8, 4) is 11.5 Å². The van der Waals surface area contributed by atoms with Gasteiger partial charge < -0.3 is 4.52 Å². The van der Waals surface area contributed by atoms with Gasteiger partial charge in [0.15, 0.2) is 17.5 Å². The van der Waals surface area contributed by atoms with E-state index in [1.165, 1.54) is 6.92 Å². The van der Waals surface area contributed by atoms with Gasteiger partial charge in [-0.25, -0.2) is 13.2 Å². The van der Waals surface area contributed by atoms with E-state index in [4.69, 9.17) is 0 Å². The molecular formula is C10H6F3N3O2. The zero-order valence-electron chi connectivity index (χ0n) is 9.00. The third-order valence-corrected chi connectivity index (χ3v) is 1.98. The predicted molar refractivity (Wildman–Crippen MR) is 53.9 cm³/mol. The number of nitrogens with zero attached hydrogens (tertiary/aromatic N) is 2. The van der Waals surface area contributed by atoms with E-state index >= 15 is 0 Å². The van der Waals surface area contributed by atoms with Gasteiger partial charge in [0, 0.05) is 6.92 Å². The number of anilines is 1. The molecule has 5 nitrogen and oxygen atoms in total. The predicted octanol–water partition coefficient (Wildman–Crippen LogP) is 2.11. The Balaban J connectivity index is 2.40. The number of amides is 1. The summed E-state index contributed by atoms with van der Waals surface area (Å²) < 4.78 is 43.7. The molecule has 2 aromatic rings. The summed E-state index contributed by atoms with van der Waals surface area (Å²) in [5.41, 5.74) is -0.391. The van der Waals surface area contributed by atoms with Gasteiger partial charge in [0.25, 0.3) is 11.8 Å². The molecule has 18 heavy (non-hydrogen) atoms. The molecule has 1 amide bonds. The van der Waals surface area contributed by atoms with Crippen molar-refractivity contribution in [1.29, 1.82) is 0 Å². The lowest BCUT2D eigenvalue weighted by molar-refractivity contribution is -0.114. The Kier molecular flexibility index (Phi) is 3.00. The van der Waals surface area contributed by atoms with Gasteiger partial charge in [0.05, 0.1) is 5.56 Å². The zero-order valence-corrected chi connectivity index (χ0v) is 9.00. The zero-order chi connectivity index (χ0) is 13.3. The molecule has 0 atom stereocenters. The van der Waals surface area contributed by atoms with E-state index < -0.39 is 28.9 Å². The van der Waals surface area contributed by atoms with Gasteiger partial charge in [0.1, 0.15) is 0 Å². The fraction of sp³-hybridized carbons (Fsp3) is 0.100. The molecule has 0 saturated carbocycles. The van der Waals surface area contributed by atoms with Crippen LogP contribution in [0.1, 0.15) is 6.92 Å². The lowest BCUT2D eigenvalue weighted by Crippen LogP contribution is -2.06. The highest BCUT2D eigenvalue weighted by Gasteiger charge is 2.19. The monoisotopic (exact) mass is 257 g/mol. The molecule has 1 aromatic carbocycles. The molecule has 0 fully saturated rings. The normalized spacial score (nSPS) is 10.4. The number of aromatic nitrogens is 2. The van der Waals surface area contributed by atoms with E-state index in [0.717, 1.165) is 12.1 Å². The standard InChI is InChI=1S/C10H6F3N3O2/c1-4(17)14-10-15-9(18-16-10)5-2-3-6(11)8(13)7(5)12/h2-3H,1H3,(H,14,16,17). The highest BCUT2D eigenvalue weighted by molar-refractivity contribution is 5.86. The number of hydrogen-bond acceptors (Lipinski definition) is 4. The second-order valence-corrected chi connectivity index (χ2v) is 3.33. The van der Waals surface area contributed by atoms with E-state index in [0.29, 0.717) is 0 Å². The molecule has 0 saturated heterocycles. The van der Waals surface area contributed by atoms with Gasteiger partial charge in [-0.3, -0.25) is 10.1 Å². The molecule has 0 aliphatic carbocycles. The molecule has 1 N–H and O–H groups in total.